The van der Waals surface area contributed by atoms with Gasteiger partial charge in [0.05, 0.1) is 6.61 Å². The zero-order valence-electron chi connectivity index (χ0n) is 10.5. The minimum Gasteiger partial charge on any atom is -0.393 e. The topological polar surface area (TPSA) is 125 Å². The number of hydrogen-bond acceptors (Lipinski definition) is 6. The number of aromatic nitrogens is 2. The van der Waals surface area contributed by atoms with E-state index in [1.807, 2.05) is 0 Å². The van der Waals surface area contributed by atoms with E-state index in [4.69, 9.17) is 4.74 Å². The van der Waals surface area contributed by atoms with Crippen LogP contribution in [0.5, 0.6) is 0 Å². The highest BCUT2D eigenvalue weighted by molar-refractivity contribution is 5.04. The molecule has 2 rings (SSSR count). The Balaban J connectivity index is 2.47. The van der Waals surface area contributed by atoms with E-state index in [2.05, 4.69) is 4.98 Å². The first-order valence-corrected chi connectivity index (χ1v) is 5.77. The summed E-state index contributed by atoms with van der Waals surface area (Å²) >= 11 is 0. The normalized spacial score (nSPS) is 34.7. The summed E-state index contributed by atoms with van der Waals surface area (Å²) in [4.78, 5) is 25.1. The van der Waals surface area contributed by atoms with Crippen LogP contribution in [0.15, 0.2) is 15.8 Å². The van der Waals surface area contributed by atoms with Gasteiger partial charge in [0.1, 0.15) is 17.8 Å². The summed E-state index contributed by atoms with van der Waals surface area (Å²) in [5.41, 5.74) is -2.39. The van der Waals surface area contributed by atoms with Crippen molar-refractivity contribution >= 4 is 0 Å². The van der Waals surface area contributed by atoms with Crippen molar-refractivity contribution in [3.8, 4) is 0 Å². The summed E-state index contributed by atoms with van der Waals surface area (Å²) in [6, 6.07) is 0. The molecule has 0 aromatic carbocycles. The molecule has 4 atom stereocenters. The predicted octanol–water partition coefficient (Wildman–Crippen LogP) is -2.15. The van der Waals surface area contributed by atoms with Gasteiger partial charge in [-0.1, -0.05) is 0 Å². The monoisotopic (exact) mass is 272 g/mol. The van der Waals surface area contributed by atoms with Crippen molar-refractivity contribution in [2.45, 2.75) is 37.9 Å². The molecule has 0 spiro atoms. The summed E-state index contributed by atoms with van der Waals surface area (Å²) in [6.07, 6.45) is -2.66. The van der Waals surface area contributed by atoms with E-state index in [9.17, 15) is 24.9 Å². The van der Waals surface area contributed by atoms with Gasteiger partial charge >= 0.3 is 5.69 Å². The number of ether oxygens (including phenoxy) is 1. The Hall–Kier alpha value is -1.48. The number of nitrogens with one attached hydrogen (secondary N) is 1. The van der Waals surface area contributed by atoms with Gasteiger partial charge in [-0.15, -0.1) is 0 Å². The average Bonchev–Trinajstić information content (AvgIpc) is 2.59. The number of rotatable bonds is 2. The minimum atomic E-state index is -1.39. The van der Waals surface area contributed by atoms with Gasteiger partial charge < -0.3 is 20.1 Å². The maximum Gasteiger partial charge on any atom is 0.330 e. The van der Waals surface area contributed by atoms with E-state index in [0.29, 0.717) is 0 Å². The fraction of sp³-hybridized carbons (Fsp3) is 0.636. The molecule has 4 N–H and O–H groups in total. The van der Waals surface area contributed by atoms with Crippen molar-refractivity contribution in [3.63, 3.8) is 0 Å². The lowest BCUT2D eigenvalue weighted by atomic mass is 9.99. The smallest absolute Gasteiger partial charge is 0.330 e. The number of aryl methyl sites for hydroxylation is 1. The van der Waals surface area contributed by atoms with Crippen LogP contribution in [0.3, 0.4) is 0 Å². The third kappa shape index (κ3) is 2.12. The van der Waals surface area contributed by atoms with E-state index in [1.54, 1.807) is 0 Å². The van der Waals surface area contributed by atoms with Crippen LogP contribution >= 0.6 is 0 Å². The Morgan fingerprint density at radius 3 is 2.63 bits per heavy atom. The molecular formula is C11H16N2O6. The zero-order chi connectivity index (χ0) is 14.4. The average molecular weight is 272 g/mol. The lowest BCUT2D eigenvalue weighted by Crippen LogP contribution is -2.43. The third-order valence-corrected chi connectivity index (χ3v) is 3.37. The standard InChI is InChI=1S/C11H16N2O6/c1-5-3-13(10(18)12-8(5)17)9-6(15)7(16)11(2,4-14)19-9/h3,6-7,9,14-16H,4H2,1-2H3,(H,12,17,18)/t6-,7?,9+,11+/m0/s1. The highest BCUT2D eigenvalue weighted by Gasteiger charge is 2.51. The van der Waals surface area contributed by atoms with Crippen molar-refractivity contribution in [1.29, 1.82) is 0 Å². The summed E-state index contributed by atoms with van der Waals surface area (Å²) < 4.78 is 6.37. The number of aromatic amines is 1. The molecule has 0 radical (unpaired) electrons. The molecule has 2 heterocycles. The Labute approximate surface area is 107 Å². The van der Waals surface area contributed by atoms with Crippen molar-refractivity contribution in [3.05, 3.63) is 32.6 Å². The van der Waals surface area contributed by atoms with Gasteiger partial charge in [0.25, 0.3) is 5.56 Å². The van der Waals surface area contributed by atoms with Crippen LogP contribution in [0.4, 0.5) is 0 Å². The second kappa shape index (κ2) is 4.57. The first-order chi connectivity index (χ1) is 8.80. The maximum atomic E-state index is 11.7. The number of aliphatic hydroxyl groups is 3. The van der Waals surface area contributed by atoms with Crippen molar-refractivity contribution in [2.75, 3.05) is 6.61 Å². The number of nitrogens with zero attached hydrogens (tertiary/aromatic N) is 1. The SMILES string of the molecule is Cc1cn([C@@H]2O[C@](C)(CO)C(O)[C@@H]2O)c(=O)[nH]c1=O. The Morgan fingerprint density at radius 2 is 2.11 bits per heavy atom. The molecule has 0 amide bonds. The molecule has 0 saturated carbocycles. The van der Waals surface area contributed by atoms with E-state index in [1.165, 1.54) is 20.0 Å². The van der Waals surface area contributed by atoms with Crippen molar-refractivity contribution in [1.82, 2.24) is 9.55 Å². The molecule has 1 aliphatic heterocycles. The van der Waals surface area contributed by atoms with Gasteiger partial charge in [-0.2, -0.15) is 0 Å². The fourth-order valence-corrected chi connectivity index (χ4v) is 2.06. The molecule has 0 bridgehead atoms. The third-order valence-electron chi connectivity index (χ3n) is 3.37. The molecule has 1 unspecified atom stereocenters. The van der Waals surface area contributed by atoms with Crippen LogP contribution in [0.2, 0.25) is 0 Å². The van der Waals surface area contributed by atoms with Gasteiger partial charge in [-0.3, -0.25) is 14.3 Å². The van der Waals surface area contributed by atoms with Crippen LogP contribution in [0.1, 0.15) is 18.7 Å². The van der Waals surface area contributed by atoms with Gasteiger partial charge in [0.15, 0.2) is 6.23 Å². The fourth-order valence-electron chi connectivity index (χ4n) is 2.06. The molecule has 1 fully saturated rings. The second-order valence-corrected chi connectivity index (χ2v) is 4.89. The first kappa shape index (κ1) is 13.9. The summed E-state index contributed by atoms with van der Waals surface area (Å²) in [6.45, 7) is 2.40. The lowest BCUT2D eigenvalue weighted by Gasteiger charge is -2.24. The second-order valence-electron chi connectivity index (χ2n) is 4.89. The molecule has 19 heavy (non-hydrogen) atoms. The lowest BCUT2D eigenvalue weighted by molar-refractivity contribution is -0.118. The highest BCUT2D eigenvalue weighted by Crippen LogP contribution is 2.35. The Bertz CT molecular complexity index is 594. The van der Waals surface area contributed by atoms with Crippen molar-refractivity contribution < 1.29 is 20.1 Å². The molecule has 1 aromatic rings. The molecule has 8 heteroatoms. The summed E-state index contributed by atoms with van der Waals surface area (Å²) in [5.74, 6) is 0. The highest BCUT2D eigenvalue weighted by atomic mass is 16.6. The predicted molar refractivity (Wildman–Crippen MR) is 63.7 cm³/mol. The van der Waals surface area contributed by atoms with Gasteiger partial charge in [-0.25, -0.2) is 4.79 Å². The maximum absolute atomic E-state index is 11.7. The van der Waals surface area contributed by atoms with E-state index in [-0.39, 0.29) is 5.56 Å². The zero-order valence-corrected chi connectivity index (χ0v) is 10.5. The van der Waals surface area contributed by atoms with E-state index >= 15 is 0 Å². The van der Waals surface area contributed by atoms with E-state index in [0.717, 1.165) is 4.57 Å². The van der Waals surface area contributed by atoms with E-state index < -0.39 is 41.9 Å². The number of hydrogen-bond donors (Lipinski definition) is 4. The van der Waals surface area contributed by atoms with Crippen LogP contribution in [-0.2, 0) is 4.74 Å². The van der Waals surface area contributed by atoms with Crippen LogP contribution in [-0.4, -0.2) is 49.3 Å². The van der Waals surface area contributed by atoms with Crippen LogP contribution < -0.4 is 11.2 Å². The molecule has 106 valence electrons. The largest absolute Gasteiger partial charge is 0.393 e. The first-order valence-electron chi connectivity index (χ1n) is 5.77. The summed E-state index contributed by atoms with van der Waals surface area (Å²) in [7, 11) is 0. The van der Waals surface area contributed by atoms with Crippen molar-refractivity contribution in [2.24, 2.45) is 0 Å². The summed E-state index contributed by atoms with van der Waals surface area (Å²) in [5, 5.41) is 29.0. The molecule has 0 aliphatic carbocycles. The van der Waals surface area contributed by atoms with Crippen LogP contribution in [0.25, 0.3) is 0 Å². The Morgan fingerprint density at radius 1 is 1.47 bits per heavy atom. The number of H-pyrrole nitrogens is 1. The molecule has 8 nitrogen and oxygen atoms in total. The molecule has 1 aliphatic rings. The molecule has 1 aromatic heterocycles. The van der Waals surface area contributed by atoms with Gasteiger partial charge in [0.2, 0.25) is 0 Å². The quantitative estimate of drug-likeness (QED) is 0.486. The Kier molecular flexibility index (Phi) is 3.35. The molecule has 1 saturated heterocycles. The van der Waals surface area contributed by atoms with Gasteiger partial charge in [-0.05, 0) is 13.8 Å². The number of aliphatic hydroxyl groups excluding tert-OH is 3. The minimum absolute atomic E-state index is 0.266. The molecular weight excluding hydrogens is 256 g/mol. The van der Waals surface area contributed by atoms with Crippen LogP contribution in [0, 0.1) is 6.92 Å². The van der Waals surface area contributed by atoms with Gasteiger partial charge in [0, 0.05) is 11.8 Å².